The van der Waals surface area contributed by atoms with Crippen LogP contribution in [0.15, 0.2) is 66.4 Å². The molecule has 6 rings (SSSR count). The van der Waals surface area contributed by atoms with Crippen molar-refractivity contribution >= 4 is 23.2 Å². The molecule has 2 amide bonds. The predicted molar refractivity (Wildman–Crippen MR) is 205 cm³/mol. The second-order valence-electron chi connectivity index (χ2n) is 15.5. The van der Waals surface area contributed by atoms with E-state index in [1.807, 2.05) is 24.3 Å². The van der Waals surface area contributed by atoms with E-state index in [1.165, 1.54) is 4.90 Å². The number of nitrogens with zero attached hydrogens (tertiary/aromatic N) is 3. The number of carbonyl (C=O) groups excluding carboxylic acids is 2. The molecule has 1 aliphatic carbocycles. The molecule has 0 bridgehead atoms. The Balaban J connectivity index is 1.28. The smallest absolute Gasteiger partial charge is 0.425 e. The van der Waals surface area contributed by atoms with E-state index in [0.717, 1.165) is 61.0 Å². The monoisotopic (exact) mass is 837 g/mol. The maximum Gasteiger partial charge on any atom is 0.425 e. The first-order valence-corrected chi connectivity index (χ1v) is 20.5. The number of halogens is 6. The third kappa shape index (κ3) is 8.54. The van der Waals surface area contributed by atoms with Crippen molar-refractivity contribution in [3.63, 3.8) is 0 Å². The Kier molecular flexibility index (Phi) is 12.8. The molecule has 2 aliphatic heterocycles. The van der Waals surface area contributed by atoms with E-state index in [4.69, 9.17) is 14.2 Å². The number of aromatic nitrogens is 1. The van der Waals surface area contributed by atoms with E-state index < -0.39 is 57.5 Å². The van der Waals surface area contributed by atoms with Crippen molar-refractivity contribution in [1.29, 1.82) is 0 Å². The predicted octanol–water partition coefficient (Wildman–Crippen LogP) is 9.97. The Labute approximate surface area is 338 Å². The lowest BCUT2D eigenvalue weighted by molar-refractivity contribution is -0.164. The van der Waals surface area contributed by atoms with Crippen LogP contribution in [0.3, 0.4) is 0 Å². The number of benzene rings is 1. The number of methoxy groups -OCH3 is 1. The van der Waals surface area contributed by atoms with Gasteiger partial charge in [0.15, 0.2) is 0 Å². The molecular formula is C42H49F6N3O6S. The molecule has 3 aromatic rings. The zero-order valence-electron chi connectivity index (χ0n) is 32.6. The maximum absolute atomic E-state index is 15.1. The molecular weight excluding hydrogens is 789 g/mol. The molecule has 2 aromatic heterocycles. The number of hydrogen-bond donors (Lipinski definition) is 1. The van der Waals surface area contributed by atoms with Crippen LogP contribution >= 0.6 is 11.3 Å². The van der Waals surface area contributed by atoms with E-state index in [0.29, 0.717) is 49.4 Å². The van der Waals surface area contributed by atoms with Crippen molar-refractivity contribution in [2.45, 2.75) is 107 Å². The number of likely N-dealkylation sites (tertiary alicyclic amines) is 2. The molecule has 1 aromatic carbocycles. The Hall–Kier alpha value is -4.31. The third-order valence-electron chi connectivity index (χ3n) is 12.1. The van der Waals surface area contributed by atoms with Gasteiger partial charge in [-0.25, -0.2) is 0 Å². The van der Waals surface area contributed by atoms with Gasteiger partial charge in [-0.2, -0.15) is 26.3 Å². The number of piperidine rings is 2. The van der Waals surface area contributed by atoms with Crippen LogP contribution in [-0.4, -0.2) is 76.7 Å². The molecule has 0 spiro atoms. The molecule has 1 N–H and O–H groups in total. The van der Waals surface area contributed by atoms with E-state index in [1.54, 1.807) is 18.9 Å². The summed E-state index contributed by atoms with van der Waals surface area (Å²) in [7, 11) is 1.58. The highest BCUT2D eigenvalue weighted by Gasteiger charge is 2.57. The number of pyridine rings is 1. The van der Waals surface area contributed by atoms with Crippen LogP contribution in [0.25, 0.3) is 0 Å². The molecule has 3 aliphatic rings. The van der Waals surface area contributed by atoms with Crippen molar-refractivity contribution < 1.29 is 55.2 Å². The summed E-state index contributed by atoms with van der Waals surface area (Å²) in [6.07, 6.45) is -3.01. The van der Waals surface area contributed by atoms with Crippen LogP contribution in [0.4, 0.5) is 26.3 Å². The lowest BCUT2D eigenvalue weighted by atomic mass is 9.65. The number of carbonyl (C=O) groups is 2. The number of aliphatic hydroxyl groups excluding tert-OH is 1. The Morgan fingerprint density at radius 3 is 2.31 bits per heavy atom. The highest BCUT2D eigenvalue weighted by atomic mass is 32.1. The summed E-state index contributed by atoms with van der Waals surface area (Å²) in [6.45, 7) is 6.20. The number of allylic oxidation sites excluding steroid dienone is 1. The lowest BCUT2D eigenvalue weighted by Crippen LogP contribution is -2.68. The highest BCUT2D eigenvalue weighted by molar-refractivity contribution is 7.10. The van der Waals surface area contributed by atoms with Crippen molar-refractivity contribution in [2.24, 2.45) is 5.41 Å². The topological polar surface area (TPSA) is 101 Å². The summed E-state index contributed by atoms with van der Waals surface area (Å²) in [4.78, 5) is 34.8. The fraction of sp³-hybridized carbons (Fsp3) is 0.548. The van der Waals surface area contributed by atoms with Crippen molar-refractivity contribution in [2.75, 3.05) is 33.4 Å². The maximum atomic E-state index is 15.1. The minimum absolute atomic E-state index is 0.000663. The Morgan fingerprint density at radius 1 is 0.983 bits per heavy atom. The molecule has 3 fully saturated rings. The zero-order valence-corrected chi connectivity index (χ0v) is 33.4. The fourth-order valence-electron chi connectivity index (χ4n) is 8.85. The van der Waals surface area contributed by atoms with E-state index in [2.05, 4.69) is 11.6 Å². The number of rotatable bonds is 14. The molecule has 9 nitrogen and oxygen atoms in total. The lowest BCUT2D eigenvalue weighted by Gasteiger charge is -2.51. The van der Waals surface area contributed by atoms with Gasteiger partial charge in [0.25, 0.3) is 11.8 Å². The van der Waals surface area contributed by atoms with Gasteiger partial charge in [-0.05, 0) is 69.6 Å². The Morgan fingerprint density at radius 2 is 1.71 bits per heavy atom. The molecule has 0 unspecified atom stereocenters. The molecule has 0 radical (unpaired) electrons. The standard InChI is InChI=1S/C42H49F6N3O6S/c1-4-11-33-40(57-29-26-34(58-27-29)42(46,47)48,18-9-22-51(33)36(53)35-31(41(43,44)45)13-7-21-49-35)37(54)50-23-19-39(55-3,20-24-50)30-12-5-6-14-32(30)56-25-10-17-38(28(2)52)15-8-16-38/h5-7,12-14,21,26-27,33,52H,2,4,8-11,15-20,22-25H2,1,3H3/t33-,40+/m1/s1. The summed E-state index contributed by atoms with van der Waals surface area (Å²) < 4.78 is 103. The van der Waals surface area contributed by atoms with Gasteiger partial charge in [-0.1, -0.05) is 44.5 Å². The van der Waals surface area contributed by atoms with Crippen LogP contribution in [0, 0.1) is 5.41 Å². The molecule has 316 valence electrons. The SMILES string of the molecule is C=C(O)C1(CCCOc2ccccc2C2(OC)CCN(C(=O)[C@]3(Oc4csc(C(F)(F)F)c4)CCCN(C(=O)c4ncccc4C(F)(F)F)[C@@H]3CCC)CC2)CCC1. The molecule has 16 heteroatoms. The first kappa shape index (κ1) is 43.3. The molecule has 1 saturated carbocycles. The summed E-state index contributed by atoms with van der Waals surface area (Å²) in [5, 5.41) is 11.3. The van der Waals surface area contributed by atoms with Crippen LogP contribution in [0.2, 0.25) is 0 Å². The van der Waals surface area contributed by atoms with Crippen LogP contribution < -0.4 is 9.47 Å². The normalized spacial score (nSPS) is 21.9. The van der Waals surface area contributed by atoms with Gasteiger partial charge in [0.05, 0.1) is 29.6 Å². The second-order valence-corrected chi connectivity index (χ2v) is 16.4. The number of para-hydroxylation sites is 1. The average molecular weight is 838 g/mol. The fourth-order valence-corrected chi connectivity index (χ4v) is 9.52. The number of hydrogen-bond acceptors (Lipinski definition) is 8. The van der Waals surface area contributed by atoms with Crippen molar-refractivity contribution in [3.05, 3.63) is 88.1 Å². The molecule has 2 atom stereocenters. The van der Waals surface area contributed by atoms with E-state index in [-0.39, 0.29) is 55.8 Å². The number of ether oxygens (including phenoxy) is 3. The molecule has 2 saturated heterocycles. The van der Waals surface area contributed by atoms with Gasteiger partial charge in [-0.15, -0.1) is 11.3 Å². The number of alkyl halides is 6. The zero-order chi connectivity index (χ0) is 41.9. The minimum atomic E-state index is -4.90. The Bertz CT molecular complexity index is 1940. The van der Waals surface area contributed by atoms with Crippen molar-refractivity contribution in [3.8, 4) is 11.5 Å². The number of thiophene rings is 1. The summed E-state index contributed by atoms with van der Waals surface area (Å²) >= 11 is 0.395. The average Bonchev–Trinajstić information content (AvgIpc) is 3.66. The van der Waals surface area contributed by atoms with E-state index in [9.17, 15) is 36.2 Å². The summed E-state index contributed by atoms with van der Waals surface area (Å²) in [5.74, 6) is -1.03. The van der Waals surface area contributed by atoms with Crippen LogP contribution in [0.1, 0.15) is 104 Å². The second kappa shape index (κ2) is 17.1. The highest BCUT2D eigenvalue weighted by Crippen LogP contribution is 2.49. The van der Waals surface area contributed by atoms with Crippen LogP contribution in [0.5, 0.6) is 11.5 Å². The van der Waals surface area contributed by atoms with Gasteiger partial charge < -0.3 is 29.1 Å². The number of aliphatic hydroxyl groups is 1. The number of amides is 2. The minimum Gasteiger partial charge on any atom is -0.512 e. The molecule has 58 heavy (non-hydrogen) atoms. The van der Waals surface area contributed by atoms with Crippen LogP contribution in [-0.2, 0) is 27.5 Å². The quantitative estimate of drug-likeness (QED) is 0.0981. The molecule has 4 heterocycles. The van der Waals surface area contributed by atoms with Crippen molar-refractivity contribution in [1.82, 2.24) is 14.8 Å². The van der Waals surface area contributed by atoms with Gasteiger partial charge in [0.1, 0.15) is 22.1 Å². The van der Waals surface area contributed by atoms with Gasteiger partial charge in [0, 0.05) is 61.8 Å². The summed E-state index contributed by atoms with van der Waals surface area (Å²) in [6, 6.07) is 8.98. The van der Waals surface area contributed by atoms with Gasteiger partial charge in [-0.3, -0.25) is 14.6 Å². The van der Waals surface area contributed by atoms with Gasteiger partial charge >= 0.3 is 12.4 Å². The van der Waals surface area contributed by atoms with E-state index >= 15 is 4.79 Å². The third-order valence-corrected chi connectivity index (χ3v) is 13.1. The largest absolute Gasteiger partial charge is 0.512 e. The first-order valence-electron chi connectivity index (χ1n) is 19.6. The van der Waals surface area contributed by atoms with Gasteiger partial charge in [0.2, 0.25) is 5.60 Å². The first-order chi connectivity index (χ1) is 27.5. The summed E-state index contributed by atoms with van der Waals surface area (Å²) in [5.41, 5.74) is -4.36.